The first-order chi connectivity index (χ1) is 14.8. The predicted octanol–water partition coefficient (Wildman–Crippen LogP) is 2.13. The van der Waals surface area contributed by atoms with Gasteiger partial charge in [-0.15, -0.1) is 0 Å². The number of rotatable bonds is 4. The Balaban J connectivity index is 1.32. The highest BCUT2D eigenvalue weighted by Gasteiger charge is 2.35. The first kappa shape index (κ1) is 22.1. The number of benzene rings is 1. The fourth-order valence-electron chi connectivity index (χ4n) is 4.35. The standard InChI is InChI=1S/C21H28ClN5O3S/c1-16-3-4-18(22)13-19(16)25-9-11-26(12-10-25)21(28)17-5-7-27(8-6-17)31(29,30)20-14-24(2)15-23-20/h3-4,13-15,17H,5-12H2,1-2H3. The number of carbonyl (C=O) groups is 1. The number of amides is 1. The molecule has 2 aromatic rings. The SMILES string of the molecule is Cc1ccc(Cl)cc1N1CCN(C(=O)C2CCN(S(=O)(=O)c3cn(C)cn3)CC2)CC1. The lowest BCUT2D eigenvalue weighted by molar-refractivity contribution is -0.137. The van der Waals surface area contributed by atoms with Crippen LogP contribution in [0.4, 0.5) is 5.69 Å². The fraction of sp³-hybridized carbons (Fsp3) is 0.524. The number of nitrogens with zero attached hydrogens (tertiary/aromatic N) is 5. The Hall–Kier alpha value is -2.10. The van der Waals surface area contributed by atoms with Crippen molar-refractivity contribution >= 4 is 33.2 Å². The average molecular weight is 466 g/mol. The van der Waals surface area contributed by atoms with Gasteiger partial charge in [0.25, 0.3) is 10.0 Å². The van der Waals surface area contributed by atoms with Crippen LogP contribution in [-0.4, -0.2) is 72.3 Å². The number of piperidine rings is 1. The van der Waals surface area contributed by atoms with Crippen molar-refractivity contribution in [1.29, 1.82) is 0 Å². The second kappa shape index (κ2) is 8.80. The minimum Gasteiger partial charge on any atom is -0.368 e. The van der Waals surface area contributed by atoms with Crippen molar-refractivity contribution in [2.24, 2.45) is 13.0 Å². The van der Waals surface area contributed by atoms with E-state index < -0.39 is 10.0 Å². The number of carbonyl (C=O) groups excluding carboxylic acids is 1. The monoisotopic (exact) mass is 465 g/mol. The first-order valence-corrected chi connectivity index (χ1v) is 12.4. The molecule has 1 aromatic heterocycles. The van der Waals surface area contributed by atoms with Crippen LogP contribution < -0.4 is 4.90 Å². The van der Waals surface area contributed by atoms with E-state index in [1.165, 1.54) is 22.4 Å². The number of anilines is 1. The summed E-state index contributed by atoms with van der Waals surface area (Å²) in [6.45, 7) is 5.61. The summed E-state index contributed by atoms with van der Waals surface area (Å²) >= 11 is 6.16. The van der Waals surface area contributed by atoms with Crippen molar-refractivity contribution in [2.75, 3.05) is 44.2 Å². The number of hydrogen-bond acceptors (Lipinski definition) is 5. The molecule has 0 spiro atoms. The number of imidazole rings is 1. The lowest BCUT2D eigenvalue weighted by Crippen LogP contribution is -2.52. The lowest BCUT2D eigenvalue weighted by Gasteiger charge is -2.39. The fourth-order valence-corrected chi connectivity index (χ4v) is 5.95. The number of aromatic nitrogens is 2. The van der Waals surface area contributed by atoms with Gasteiger partial charge in [-0.3, -0.25) is 4.79 Å². The van der Waals surface area contributed by atoms with Crippen LogP contribution in [0.1, 0.15) is 18.4 Å². The Morgan fingerprint density at radius 3 is 2.39 bits per heavy atom. The summed E-state index contributed by atoms with van der Waals surface area (Å²) in [5.74, 6) is 0.00647. The summed E-state index contributed by atoms with van der Waals surface area (Å²) in [6, 6.07) is 5.88. The van der Waals surface area contributed by atoms with Crippen LogP contribution in [0.3, 0.4) is 0 Å². The predicted molar refractivity (Wildman–Crippen MR) is 120 cm³/mol. The number of sulfonamides is 1. The molecule has 0 radical (unpaired) electrons. The van der Waals surface area contributed by atoms with Gasteiger partial charge in [0.15, 0.2) is 5.03 Å². The zero-order valence-corrected chi connectivity index (χ0v) is 19.4. The first-order valence-electron chi connectivity index (χ1n) is 10.5. The van der Waals surface area contributed by atoms with Gasteiger partial charge < -0.3 is 14.4 Å². The van der Waals surface area contributed by atoms with Crippen LogP contribution in [0.15, 0.2) is 35.7 Å². The van der Waals surface area contributed by atoms with Crippen LogP contribution in [0.25, 0.3) is 0 Å². The zero-order valence-electron chi connectivity index (χ0n) is 17.9. The smallest absolute Gasteiger partial charge is 0.262 e. The minimum atomic E-state index is -3.60. The average Bonchev–Trinajstić information content (AvgIpc) is 3.22. The molecule has 1 aromatic carbocycles. The molecule has 2 aliphatic rings. The van der Waals surface area contributed by atoms with Crippen LogP contribution in [-0.2, 0) is 21.9 Å². The molecule has 8 nitrogen and oxygen atoms in total. The van der Waals surface area contributed by atoms with Crippen LogP contribution in [0.5, 0.6) is 0 Å². The summed E-state index contributed by atoms with van der Waals surface area (Å²) < 4.78 is 28.5. The molecule has 10 heteroatoms. The van der Waals surface area contributed by atoms with Gasteiger partial charge in [0.2, 0.25) is 5.91 Å². The van der Waals surface area contributed by atoms with Crippen molar-refractivity contribution in [2.45, 2.75) is 24.8 Å². The molecule has 2 fully saturated rings. The van der Waals surface area contributed by atoms with Gasteiger partial charge in [0.1, 0.15) is 0 Å². The highest BCUT2D eigenvalue weighted by Crippen LogP contribution is 2.27. The Morgan fingerprint density at radius 2 is 1.77 bits per heavy atom. The number of piperazine rings is 1. The minimum absolute atomic E-state index is 0.0622. The molecule has 168 valence electrons. The van der Waals surface area contributed by atoms with E-state index in [1.807, 2.05) is 23.1 Å². The van der Waals surface area contributed by atoms with E-state index in [0.29, 0.717) is 44.0 Å². The zero-order chi connectivity index (χ0) is 22.2. The van der Waals surface area contributed by atoms with Crippen molar-refractivity contribution in [1.82, 2.24) is 18.8 Å². The number of hydrogen-bond donors (Lipinski definition) is 0. The van der Waals surface area contributed by atoms with Gasteiger partial charge in [-0.1, -0.05) is 17.7 Å². The lowest BCUT2D eigenvalue weighted by atomic mass is 9.96. The maximum atomic E-state index is 13.0. The van der Waals surface area contributed by atoms with E-state index in [4.69, 9.17) is 11.6 Å². The summed E-state index contributed by atoms with van der Waals surface area (Å²) in [4.78, 5) is 21.2. The molecule has 0 unspecified atom stereocenters. The van der Waals surface area contributed by atoms with E-state index in [-0.39, 0.29) is 16.9 Å². The van der Waals surface area contributed by atoms with E-state index in [9.17, 15) is 13.2 Å². The van der Waals surface area contributed by atoms with E-state index >= 15 is 0 Å². The summed E-state index contributed by atoms with van der Waals surface area (Å²) in [5, 5.41) is 0.777. The Labute approximate surface area is 188 Å². The summed E-state index contributed by atoms with van der Waals surface area (Å²) in [5.41, 5.74) is 2.29. The van der Waals surface area contributed by atoms with E-state index in [0.717, 1.165) is 18.8 Å². The number of aryl methyl sites for hydroxylation is 2. The molecule has 0 saturated carbocycles. The number of halogens is 1. The van der Waals surface area contributed by atoms with Gasteiger partial charge in [0.05, 0.1) is 6.33 Å². The molecule has 3 heterocycles. The molecule has 0 N–H and O–H groups in total. The van der Waals surface area contributed by atoms with Crippen molar-refractivity contribution in [3.05, 3.63) is 41.3 Å². The second-order valence-corrected chi connectivity index (χ2v) is 10.6. The third-order valence-electron chi connectivity index (χ3n) is 6.19. The van der Waals surface area contributed by atoms with Crippen LogP contribution >= 0.6 is 11.6 Å². The maximum absolute atomic E-state index is 13.0. The Morgan fingerprint density at radius 1 is 1.10 bits per heavy atom. The summed E-state index contributed by atoms with van der Waals surface area (Å²) in [7, 11) is -1.86. The summed E-state index contributed by atoms with van der Waals surface area (Å²) in [6.07, 6.45) is 4.07. The molecular formula is C21H28ClN5O3S. The maximum Gasteiger partial charge on any atom is 0.262 e. The van der Waals surface area contributed by atoms with Gasteiger partial charge in [-0.05, 0) is 37.5 Å². The highest BCUT2D eigenvalue weighted by molar-refractivity contribution is 7.89. The molecule has 31 heavy (non-hydrogen) atoms. The van der Waals surface area contributed by atoms with E-state index in [1.54, 1.807) is 11.6 Å². The quantitative estimate of drug-likeness (QED) is 0.691. The third kappa shape index (κ3) is 4.58. The normalized spacial score (nSPS) is 19.1. The molecule has 0 atom stereocenters. The molecular weight excluding hydrogens is 438 g/mol. The topological polar surface area (TPSA) is 78.8 Å². The molecule has 4 rings (SSSR count). The largest absolute Gasteiger partial charge is 0.368 e. The molecule has 0 bridgehead atoms. The van der Waals surface area contributed by atoms with Gasteiger partial charge in [-0.25, -0.2) is 13.4 Å². The Kier molecular flexibility index (Phi) is 6.27. The highest BCUT2D eigenvalue weighted by atomic mass is 35.5. The van der Waals surface area contributed by atoms with Crippen molar-refractivity contribution in [3.8, 4) is 0 Å². The Bertz CT molecular complexity index is 1050. The molecule has 2 saturated heterocycles. The van der Waals surface area contributed by atoms with Crippen LogP contribution in [0.2, 0.25) is 5.02 Å². The second-order valence-electron chi connectivity index (χ2n) is 8.30. The molecule has 0 aliphatic carbocycles. The molecule has 2 aliphatic heterocycles. The van der Waals surface area contributed by atoms with Gasteiger partial charge >= 0.3 is 0 Å². The van der Waals surface area contributed by atoms with Crippen molar-refractivity contribution < 1.29 is 13.2 Å². The molecule has 1 amide bonds. The van der Waals surface area contributed by atoms with Crippen LogP contribution in [0, 0.1) is 12.8 Å². The third-order valence-corrected chi connectivity index (χ3v) is 8.21. The van der Waals surface area contributed by atoms with E-state index in [2.05, 4.69) is 16.8 Å². The van der Waals surface area contributed by atoms with Gasteiger partial charge in [0, 0.05) is 69.1 Å². The van der Waals surface area contributed by atoms with Crippen molar-refractivity contribution in [3.63, 3.8) is 0 Å². The van der Waals surface area contributed by atoms with Gasteiger partial charge in [-0.2, -0.15) is 4.31 Å².